The molecule has 1 N–H and O–H groups in total. The van der Waals surface area contributed by atoms with E-state index >= 15 is 0 Å². The van der Waals surface area contributed by atoms with Crippen LogP contribution in [0.15, 0.2) is 16.9 Å². The lowest BCUT2D eigenvalue weighted by Gasteiger charge is -2.16. The maximum Gasteiger partial charge on any atom is 0.231 e. The van der Waals surface area contributed by atoms with Crippen LogP contribution in [0.5, 0.6) is 0 Å². The van der Waals surface area contributed by atoms with Gasteiger partial charge in [0, 0.05) is 19.3 Å². The van der Waals surface area contributed by atoms with E-state index in [1.807, 2.05) is 13.2 Å². The molecule has 2 unspecified atom stereocenters. The van der Waals surface area contributed by atoms with Crippen molar-refractivity contribution >= 4 is 0 Å². The van der Waals surface area contributed by atoms with Gasteiger partial charge in [0.1, 0.15) is 0 Å². The van der Waals surface area contributed by atoms with Gasteiger partial charge in [0.2, 0.25) is 11.7 Å². The minimum absolute atomic E-state index is 0.345. The molecule has 1 aliphatic carbocycles. The van der Waals surface area contributed by atoms with Crippen molar-refractivity contribution in [2.24, 2.45) is 7.05 Å². The number of likely N-dealkylation sites (N-methyl/N-ethyl adjacent to an activating group) is 1. The highest BCUT2D eigenvalue weighted by Gasteiger charge is 2.32. The Morgan fingerprint density at radius 2 is 2.37 bits per heavy atom. The van der Waals surface area contributed by atoms with Crippen LogP contribution in [0.1, 0.15) is 38.0 Å². The van der Waals surface area contributed by atoms with E-state index in [-0.39, 0.29) is 0 Å². The second-order valence-corrected chi connectivity index (χ2v) is 5.06. The molecular weight excluding hydrogens is 242 g/mol. The molecule has 1 aliphatic rings. The largest absolute Gasteiger partial charge is 0.339 e. The zero-order chi connectivity index (χ0) is 13.2. The van der Waals surface area contributed by atoms with Gasteiger partial charge in [-0.2, -0.15) is 10.1 Å². The molecule has 6 heteroatoms. The van der Waals surface area contributed by atoms with Crippen molar-refractivity contribution in [2.75, 3.05) is 6.54 Å². The normalized spacial score (nSPS) is 23.1. The van der Waals surface area contributed by atoms with Gasteiger partial charge in [0.05, 0.1) is 17.7 Å². The third-order valence-corrected chi connectivity index (χ3v) is 3.70. The Morgan fingerprint density at radius 3 is 3.11 bits per heavy atom. The molecule has 0 aromatic carbocycles. The zero-order valence-electron chi connectivity index (χ0n) is 11.3. The molecule has 0 spiro atoms. The van der Waals surface area contributed by atoms with E-state index < -0.39 is 0 Å². The highest BCUT2D eigenvalue weighted by Crippen LogP contribution is 2.34. The number of nitrogens with zero attached hydrogens (tertiary/aromatic N) is 4. The summed E-state index contributed by atoms with van der Waals surface area (Å²) in [4.78, 5) is 4.54. The zero-order valence-corrected chi connectivity index (χ0v) is 11.3. The fourth-order valence-electron chi connectivity index (χ4n) is 2.80. The van der Waals surface area contributed by atoms with E-state index in [0.29, 0.717) is 17.8 Å². The van der Waals surface area contributed by atoms with Gasteiger partial charge >= 0.3 is 0 Å². The van der Waals surface area contributed by atoms with Crippen LogP contribution in [0.2, 0.25) is 0 Å². The summed E-state index contributed by atoms with van der Waals surface area (Å²) < 4.78 is 7.19. The minimum Gasteiger partial charge on any atom is -0.339 e. The standard InChI is InChI=1S/C13H19N5O/c1-3-14-11-6-4-5-10(11)13-16-12(17-19-13)9-7-15-18(2)8-9/h7-8,10-11,14H,3-6H2,1-2H3. The fourth-order valence-corrected chi connectivity index (χ4v) is 2.80. The van der Waals surface area contributed by atoms with Crippen molar-refractivity contribution in [1.29, 1.82) is 0 Å². The van der Waals surface area contributed by atoms with Crippen molar-refractivity contribution in [3.63, 3.8) is 0 Å². The Hall–Kier alpha value is -1.69. The Bertz CT molecular complexity index is 547. The molecular formula is C13H19N5O. The summed E-state index contributed by atoms with van der Waals surface area (Å²) in [5.41, 5.74) is 0.899. The van der Waals surface area contributed by atoms with Gasteiger partial charge < -0.3 is 9.84 Å². The van der Waals surface area contributed by atoms with Crippen LogP contribution in [-0.2, 0) is 7.05 Å². The molecule has 0 bridgehead atoms. The fraction of sp³-hybridized carbons (Fsp3) is 0.615. The average Bonchev–Trinajstić information content (AvgIpc) is 3.07. The van der Waals surface area contributed by atoms with Crippen molar-refractivity contribution in [2.45, 2.75) is 38.1 Å². The molecule has 2 aromatic heterocycles. The average molecular weight is 261 g/mol. The number of aryl methyl sites for hydroxylation is 1. The SMILES string of the molecule is CCNC1CCCC1c1nc(-c2cnn(C)c2)no1. The first-order valence-corrected chi connectivity index (χ1v) is 6.84. The summed E-state index contributed by atoms with van der Waals surface area (Å²) >= 11 is 0. The molecule has 2 atom stereocenters. The van der Waals surface area contributed by atoms with Gasteiger partial charge in [-0.1, -0.05) is 18.5 Å². The van der Waals surface area contributed by atoms with Crippen LogP contribution in [0.3, 0.4) is 0 Å². The first-order valence-electron chi connectivity index (χ1n) is 6.84. The minimum atomic E-state index is 0.345. The number of aromatic nitrogens is 4. The van der Waals surface area contributed by atoms with Crippen LogP contribution in [0, 0.1) is 0 Å². The van der Waals surface area contributed by atoms with Crippen LogP contribution in [-0.4, -0.2) is 32.5 Å². The maximum atomic E-state index is 5.45. The Morgan fingerprint density at radius 1 is 1.47 bits per heavy atom. The molecule has 0 saturated heterocycles. The summed E-state index contributed by atoms with van der Waals surface area (Å²) in [6.45, 7) is 3.11. The molecule has 6 nitrogen and oxygen atoms in total. The van der Waals surface area contributed by atoms with Gasteiger partial charge in [-0.3, -0.25) is 4.68 Å². The van der Waals surface area contributed by atoms with Crippen LogP contribution >= 0.6 is 0 Å². The molecule has 0 radical (unpaired) electrons. The Labute approximate surface area is 112 Å². The van der Waals surface area contributed by atoms with Gasteiger partial charge in [-0.15, -0.1) is 0 Å². The molecule has 19 heavy (non-hydrogen) atoms. The van der Waals surface area contributed by atoms with E-state index in [1.165, 1.54) is 12.8 Å². The predicted octanol–water partition coefficient (Wildman–Crippen LogP) is 1.72. The van der Waals surface area contributed by atoms with E-state index in [4.69, 9.17) is 4.52 Å². The monoisotopic (exact) mass is 261 g/mol. The highest BCUT2D eigenvalue weighted by atomic mass is 16.5. The summed E-state index contributed by atoms with van der Waals surface area (Å²) in [7, 11) is 1.88. The maximum absolute atomic E-state index is 5.45. The van der Waals surface area contributed by atoms with E-state index in [9.17, 15) is 0 Å². The number of hydrogen-bond acceptors (Lipinski definition) is 5. The van der Waals surface area contributed by atoms with Crippen LogP contribution in [0.25, 0.3) is 11.4 Å². The molecule has 0 amide bonds. The van der Waals surface area contributed by atoms with Crippen molar-refractivity contribution in [3.05, 3.63) is 18.3 Å². The lowest BCUT2D eigenvalue weighted by Crippen LogP contribution is -2.31. The quantitative estimate of drug-likeness (QED) is 0.907. The molecule has 1 fully saturated rings. The highest BCUT2D eigenvalue weighted by molar-refractivity contribution is 5.51. The van der Waals surface area contributed by atoms with Gasteiger partial charge in [-0.25, -0.2) is 0 Å². The number of nitrogens with one attached hydrogen (secondary N) is 1. The molecule has 1 saturated carbocycles. The van der Waals surface area contributed by atoms with Crippen LogP contribution < -0.4 is 5.32 Å². The Kier molecular flexibility index (Phi) is 3.33. The lowest BCUT2D eigenvalue weighted by atomic mass is 10.0. The first-order chi connectivity index (χ1) is 9.28. The van der Waals surface area contributed by atoms with E-state index in [1.54, 1.807) is 10.9 Å². The summed E-state index contributed by atoms with van der Waals surface area (Å²) in [5, 5.41) is 11.7. The van der Waals surface area contributed by atoms with Crippen molar-refractivity contribution in [3.8, 4) is 11.4 Å². The van der Waals surface area contributed by atoms with Crippen LogP contribution in [0.4, 0.5) is 0 Å². The van der Waals surface area contributed by atoms with Gasteiger partial charge in [0.25, 0.3) is 0 Å². The van der Waals surface area contributed by atoms with E-state index in [2.05, 4.69) is 27.5 Å². The van der Waals surface area contributed by atoms with Gasteiger partial charge in [0.15, 0.2) is 0 Å². The van der Waals surface area contributed by atoms with Crippen molar-refractivity contribution < 1.29 is 4.52 Å². The smallest absolute Gasteiger partial charge is 0.231 e. The third-order valence-electron chi connectivity index (χ3n) is 3.70. The molecule has 2 heterocycles. The number of rotatable bonds is 4. The summed E-state index contributed by atoms with van der Waals surface area (Å²) in [5.74, 6) is 1.73. The molecule has 3 rings (SSSR count). The van der Waals surface area contributed by atoms with E-state index in [0.717, 1.165) is 24.4 Å². The summed E-state index contributed by atoms with van der Waals surface area (Å²) in [6, 6.07) is 0.465. The topological polar surface area (TPSA) is 68.8 Å². The summed E-state index contributed by atoms with van der Waals surface area (Å²) in [6.07, 6.45) is 7.17. The molecule has 102 valence electrons. The Balaban J connectivity index is 1.81. The van der Waals surface area contributed by atoms with Gasteiger partial charge in [-0.05, 0) is 19.4 Å². The predicted molar refractivity (Wildman–Crippen MR) is 70.6 cm³/mol. The van der Waals surface area contributed by atoms with Crippen molar-refractivity contribution in [1.82, 2.24) is 25.2 Å². The molecule has 0 aliphatic heterocycles. The number of hydrogen-bond donors (Lipinski definition) is 1. The second kappa shape index (κ2) is 5.13. The third kappa shape index (κ3) is 2.40. The first kappa shape index (κ1) is 12.3. The lowest BCUT2D eigenvalue weighted by molar-refractivity contribution is 0.332. The second-order valence-electron chi connectivity index (χ2n) is 5.06. The molecule has 2 aromatic rings.